The van der Waals surface area contributed by atoms with E-state index in [4.69, 9.17) is 4.74 Å². The maximum atomic E-state index is 12.4. The standard InChI is InChI=1S/C18H17N3O4/c1-3-25-18-13-11(9-12(20-18)10-7-5-4-6-8-10)15(22)14(17(24)19-2)21-16(13)23/h4-9,22H,3H2,1-2H3,(H,19,24)(H,21,23). The van der Waals surface area contributed by atoms with Crippen molar-refractivity contribution in [3.05, 3.63) is 52.4 Å². The van der Waals surface area contributed by atoms with Crippen LogP contribution >= 0.6 is 0 Å². The zero-order valence-electron chi connectivity index (χ0n) is 13.8. The summed E-state index contributed by atoms with van der Waals surface area (Å²) in [4.78, 5) is 31.1. The summed E-state index contributed by atoms with van der Waals surface area (Å²) in [6.45, 7) is 2.08. The minimum atomic E-state index is -0.590. The average molecular weight is 339 g/mol. The predicted molar refractivity (Wildman–Crippen MR) is 94.0 cm³/mol. The van der Waals surface area contributed by atoms with Crippen LogP contribution in [0.3, 0.4) is 0 Å². The summed E-state index contributed by atoms with van der Waals surface area (Å²) in [6, 6.07) is 10.9. The van der Waals surface area contributed by atoms with Crippen molar-refractivity contribution >= 4 is 16.7 Å². The monoisotopic (exact) mass is 339 g/mol. The van der Waals surface area contributed by atoms with Gasteiger partial charge in [-0.3, -0.25) is 9.59 Å². The fourth-order valence-electron chi connectivity index (χ4n) is 2.59. The van der Waals surface area contributed by atoms with Gasteiger partial charge in [-0.1, -0.05) is 30.3 Å². The molecule has 0 fully saturated rings. The average Bonchev–Trinajstić information content (AvgIpc) is 2.64. The molecule has 0 spiro atoms. The number of fused-ring (bicyclic) bond motifs is 1. The van der Waals surface area contributed by atoms with Crippen molar-refractivity contribution in [2.45, 2.75) is 6.92 Å². The molecule has 0 aliphatic rings. The first-order chi connectivity index (χ1) is 12.1. The fraction of sp³-hybridized carbons (Fsp3) is 0.167. The van der Waals surface area contributed by atoms with Gasteiger partial charge in [-0.2, -0.15) is 0 Å². The molecule has 3 N–H and O–H groups in total. The summed E-state index contributed by atoms with van der Waals surface area (Å²) in [6.07, 6.45) is 0. The zero-order chi connectivity index (χ0) is 18.0. The number of hydrogen-bond acceptors (Lipinski definition) is 5. The number of H-pyrrole nitrogens is 1. The lowest BCUT2D eigenvalue weighted by molar-refractivity contribution is 0.0955. The molecule has 7 heteroatoms. The van der Waals surface area contributed by atoms with Crippen LogP contribution < -0.4 is 15.6 Å². The van der Waals surface area contributed by atoms with E-state index in [2.05, 4.69) is 15.3 Å². The molecule has 7 nitrogen and oxygen atoms in total. The normalized spacial score (nSPS) is 10.6. The van der Waals surface area contributed by atoms with Gasteiger partial charge in [0.2, 0.25) is 5.88 Å². The summed E-state index contributed by atoms with van der Waals surface area (Å²) >= 11 is 0. The number of rotatable bonds is 4. The molecule has 25 heavy (non-hydrogen) atoms. The lowest BCUT2D eigenvalue weighted by Crippen LogP contribution is -2.23. The van der Waals surface area contributed by atoms with Crippen molar-refractivity contribution in [3.63, 3.8) is 0 Å². The molecule has 3 rings (SSSR count). The highest BCUT2D eigenvalue weighted by Gasteiger charge is 2.20. The Balaban J connectivity index is 2.38. The number of aromatic hydroxyl groups is 1. The number of nitrogens with one attached hydrogen (secondary N) is 2. The molecule has 2 heterocycles. The molecule has 1 amide bonds. The highest BCUT2D eigenvalue weighted by molar-refractivity contribution is 6.03. The molecule has 0 aliphatic carbocycles. The van der Waals surface area contributed by atoms with E-state index in [1.165, 1.54) is 7.05 Å². The van der Waals surface area contributed by atoms with Crippen LogP contribution in [0.2, 0.25) is 0 Å². The summed E-state index contributed by atoms with van der Waals surface area (Å²) in [7, 11) is 1.41. The summed E-state index contributed by atoms with van der Waals surface area (Å²) in [5.74, 6) is -0.805. The van der Waals surface area contributed by atoms with Crippen molar-refractivity contribution in [1.82, 2.24) is 15.3 Å². The van der Waals surface area contributed by atoms with E-state index in [0.29, 0.717) is 12.3 Å². The Hall–Kier alpha value is -3.35. The van der Waals surface area contributed by atoms with Crippen molar-refractivity contribution in [2.24, 2.45) is 0 Å². The highest BCUT2D eigenvalue weighted by Crippen LogP contribution is 2.33. The van der Waals surface area contributed by atoms with Crippen molar-refractivity contribution < 1.29 is 14.6 Å². The summed E-state index contributed by atoms with van der Waals surface area (Å²) < 4.78 is 5.50. The topological polar surface area (TPSA) is 104 Å². The van der Waals surface area contributed by atoms with Gasteiger partial charge in [0.15, 0.2) is 5.75 Å². The molecular weight excluding hydrogens is 322 g/mol. The fourth-order valence-corrected chi connectivity index (χ4v) is 2.59. The Morgan fingerprint density at radius 1 is 1.32 bits per heavy atom. The van der Waals surface area contributed by atoms with E-state index in [0.717, 1.165) is 5.56 Å². The lowest BCUT2D eigenvalue weighted by Gasteiger charge is -2.12. The van der Waals surface area contributed by atoms with Crippen LogP contribution in [0.25, 0.3) is 22.0 Å². The number of aromatic amines is 1. The first-order valence-electron chi connectivity index (χ1n) is 7.77. The number of pyridine rings is 2. The molecule has 0 saturated carbocycles. The van der Waals surface area contributed by atoms with Crippen LogP contribution in [0.1, 0.15) is 17.4 Å². The third kappa shape index (κ3) is 2.91. The van der Waals surface area contributed by atoms with E-state index >= 15 is 0 Å². The molecule has 0 saturated heterocycles. The van der Waals surface area contributed by atoms with Gasteiger partial charge < -0.3 is 20.1 Å². The smallest absolute Gasteiger partial charge is 0.271 e. The Kier molecular flexibility index (Phi) is 4.38. The Bertz CT molecular complexity index is 997. The molecule has 0 aliphatic heterocycles. The molecule has 128 valence electrons. The second kappa shape index (κ2) is 6.64. The Morgan fingerprint density at radius 2 is 2.04 bits per heavy atom. The zero-order valence-corrected chi connectivity index (χ0v) is 13.8. The van der Waals surface area contributed by atoms with Gasteiger partial charge in [0.05, 0.1) is 12.3 Å². The molecule has 1 aromatic carbocycles. The number of carbonyl (C=O) groups excluding carboxylic acids is 1. The van der Waals surface area contributed by atoms with E-state index in [1.54, 1.807) is 13.0 Å². The number of aromatic nitrogens is 2. The Morgan fingerprint density at radius 3 is 2.68 bits per heavy atom. The van der Waals surface area contributed by atoms with Gasteiger partial charge in [0.1, 0.15) is 11.1 Å². The van der Waals surface area contributed by atoms with Crippen LogP contribution in [-0.2, 0) is 0 Å². The van der Waals surface area contributed by atoms with Crippen LogP contribution in [0.4, 0.5) is 0 Å². The molecule has 0 bridgehead atoms. The maximum Gasteiger partial charge on any atom is 0.271 e. The highest BCUT2D eigenvalue weighted by atomic mass is 16.5. The predicted octanol–water partition coefficient (Wildman–Crippen LogP) is 2.05. The van der Waals surface area contributed by atoms with E-state index in [1.807, 2.05) is 30.3 Å². The SMILES string of the molecule is CCOc1nc(-c2ccccc2)cc2c(O)c(C(=O)NC)[nH]c(=O)c12. The van der Waals surface area contributed by atoms with Gasteiger partial charge in [-0.25, -0.2) is 4.98 Å². The maximum absolute atomic E-state index is 12.4. The lowest BCUT2D eigenvalue weighted by atomic mass is 10.1. The summed E-state index contributed by atoms with van der Waals surface area (Å²) in [5.41, 5.74) is 0.571. The van der Waals surface area contributed by atoms with E-state index < -0.39 is 11.5 Å². The number of benzene rings is 1. The number of hydrogen-bond donors (Lipinski definition) is 3. The first-order valence-corrected chi connectivity index (χ1v) is 7.77. The second-order valence-electron chi connectivity index (χ2n) is 5.29. The van der Waals surface area contributed by atoms with Gasteiger partial charge in [-0.05, 0) is 13.0 Å². The third-order valence-electron chi connectivity index (χ3n) is 3.75. The van der Waals surface area contributed by atoms with Crippen molar-refractivity contribution in [1.29, 1.82) is 0 Å². The van der Waals surface area contributed by atoms with Crippen molar-refractivity contribution in [3.8, 4) is 22.9 Å². The molecule has 2 aromatic heterocycles. The summed E-state index contributed by atoms with van der Waals surface area (Å²) in [5, 5.41) is 13.2. The van der Waals surface area contributed by atoms with Crippen LogP contribution in [-0.4, -0.2) is 34.6 Å². The molecule has 0 unspecified atom stereocenters. The molecular formula is C18H17N3O4. The third-order valence-corrected chi connectivity index (χ3v) is 3.75. The minimum absolute atomic E-state index is 0.103. The second-order valence-corrected chi connectivity index (χ2v) is 5.29. The molecule has 3 aromatic rings. The number of carbonyl (C=O) groups is 1. The number of nitrogens with zero attached hydrogens (tertiary/aromatic N) is 1. The van der Waals surface area contributed by atoms with Gasteiger partial charge in [-0.15, -0.1) is 0 Å². The van der Waals surface area contributed by atoms with Crippen LogP contribution in [0.15, 0.2) is 41.2 Å². The van der Waals surface area contributed by atoms with E-state index in [9.17, 15) is 14.7 Å². The molecule has 0 atom stereocenters. The van der Waals surface area contributed by atoms with Crippen molar-refractivity contribution in [2.75, 3.05) is 13.7 Å². The number of ether oxygens (including phenoxy) is 1. The Labute approximate surface area is 143 Å². The van der Waals surface area contributed by atoms with Crippen LogP contribution in [0, 0.1) is 0 Å². The van der Waals surface area contributed by atoms with Gasteiger partial charge in [0, 0.05) is 18.0 Å². The van der Waals surface area contributed by atoms with E-state index in [-0.39, 0.29) is 28.1 Å². The quantitative estimate of drug-likeness (QED) is 0.675. The first kappa shape index (κ1) is 16.5. The minimum Gasteiger partial charge on any atom is -0.505 e. The van der Waals surface area contributed by atoms with Gasteiger partial charge in [0.25, 0.3) is 11.5 Å². The van der Waals surface area contributed by atoms with Crippen LogP contribution in [0.5, 0.6) is 11.6 Å². The molecule has 0 radical (unpaired) electrons. The largest absolute Gasteiger partial charge is 0.505 e. The van der Waals surface area contributed by atoms with Gasteiger partial charge >= 0.3 is 0 Å². The number of amides is 1.